The number of aromatic nitrogens is 5. The number of rotatable bonds is 5. The second-order valence-electron chi connectivity index (χ2n) is 5.34. The molecule has 1 amide bonds. The molecule has 1 N–H and O–H groups in total. The Balaban J connectivity index is 1.46. The molecule has 8 heteroatoms. The first-order valence-corrected chi connectivity index (χ1v) is 7.70. The van der Waals surface area contributed by atoms with Crippen molar-refractivity contribution in [3.63, 3.8) is 0 Å². The van der Waals surface area contributed by atoms with Crippen molar-refractivity contribution in [2.45, 2.75) is 13.1 Å². The maximum Gasteiger partial charge on any atom is 0.242 e. The molecule has 0 spiro atoms. The fraction of sp³-hybridized carbons (Fsp3) is 0.118. The average molecular weight is 334 g/mol. The van der Waals surface area contributed by atoms with Crippen LogP contribution in [0.15, 0.2) is 59.5 Å². The lowest BCUT2D eigenvalue weighted by Gasteiger charge is -2.07. The van der Waals surface area contributed by atoms with E-state index in [0.29, 0.717) is 17.1 Å². The van der Waals surface area contributed by atoms with E-state index in [1.807, 2.05) is 24.3 Å². The maximum absolute atomic E-state index is 12.3. The number of hydrogen-bond acceptors (Lipinski definition) is 6. The van der Waals surface area contributed by atoms with E-state index in [1.165, 1.54) is 0 Å². The van der Waals surface area contributed by atoms with Gasteiger partial charge in [0.05, 0.1) is 24.0 Å². The van der Waals surface area contributed by atoms with Crippen molar-refractivity contribution in [1.29, 1.82) is 0 Å². The van der Waals surface area contributed by atoms with Crippen molar-refractivity contribution < 1.29 is 9.21 Å². The highest BCUT2D eigenvalue weighted by Crippen LogP contribution is 2.19. The van der Waals surface area contributed by atoms with Crippen LogP contribution in [0.4, 0.5) is 0 Å². The molecule has 0 unspecified atom stereocenters. The Hall–Kier alpha value is -3.55. The molecule has 25 heavy (non-hydrogen) atoms. The Morgan fingerprint density at radius 1 is 1.12 bits per heavy atom. The molecule has 0 saturated carbocycles. The predicted octanol–water partition coefficient (Wildman–Crippen LogP) is 1.80. The zero-order valence-corrected chi connectivity index (χ0v) is 13.2. The lowest BCUT2D eigenvalue weighted by molar-refractivity contribution is -0.122. The van der Waals surface area contributed by atoms with Crippen LogP contribution in [-0.2, 0) is 17.9 Å². The molecular formula is C17H14N6O2. The monoisotopic (exact) mass is 334 g/mol. The highest BCUT2D eigenvalue weighted by Gasteiger charge is 2.13. The quantitative estimate of drug-likeness (QED) is 0.597. The normalized spacial score (nSPS) is 10.9. The van der Waals surface area contributed by atoms with Gasteiger partial charge in [-0.25, -0.2) is 9.67 Å². The van der Waals surface area contributed by atoms with E-state index in [9.17, 15) is 4.79 Å². The number of para-hydroxylation sites is 1. The van der Waals surface area contributed by atoms with Gasteiger partial charge >= 0.3 is 0 Å². The van der Waals surface area contributed by atoms with E-state index in [2.05, 4.69) is 25.6 Å². The molecular weight excluding hydrogens is 320 g/mol. The van der Waals surface area contributed by atoms with Gasteiger partial charge in [0.1, 0.15) is 17.8 Å². The Bertz CT molecular complexity index is 1010. The minimum atomic E-state index is -0.188. The third kappa shape index (κ3) is 3.09. The number of carbonyl (C=O) groups excluding carboxylic acids is 1. The molecule has 0 bridgehead atoms. The van der Waals surface area contributed by atoms with Gasteiger partial charge in [0, 0.05) is 12.4 Å². The smallest absolute Gasteiger partial charge is 0.242 e. The maximum atomic E-state index is 12.3. The van der Waals surface area contributed by atoms with E-state index in [0.717, 1.165) is 11.0 Å². The van der Waals surface area contributed by atoms with Gasteiger partial charge < -0.3 is 9.73 Å². The van der Waals surface area contributed by atoms with Crippen LogP contribution in [0, 0.1) is 0 Å². The Morgan fingerprint density at radius 3 is 2.88 bits per heavy atom. The summed E-state index contributed by atoms with van der Waals surface area (Å²) < 4.78 is 6.93. The summed E-state index contributed by atoms with van der Waals surface area (Å²) in [5.41, 5.74) is 2.81. The van der Waals surface area contributed by atoms with Crippen LogP contribution in [0.2, 0.25) is 0 Å². The van der Waals surface area contributed by atoms with Gasteiger partial charge in [-0.3, -0.25) is 9.78 Å². The molecule has 1 aromatic carbocycles. The van der Waals surface area contributed by atoms with Crippen molar-refractivity contribution in [3.8, 4) is 11.5 Å². The lowest BCUT2D eigenvalue weighted by Crippen LogP contribution is -2.28. The predicted molar refractivity (Wildman–Crippen MR) is 89.1 cm³/mol. The summed E-state index contributed by atoms with van der Waals surface area (Å²) in [7, 11) is 0. The van der Waals surface area contributed by atoms with Crippen LogP contribution >= 0.6 is 0 Å². The van der Waals surface area contributed by atoms with Crippen molar-refractivity contribution >= 4 is 16.9 Å². The molecule has 4 aromatic rings. The second kappa shape index (κ2) is 6.52. The summed E-state index contributed by atoms with van der Waals surface area (Å²) in [6.45, 7) is 0.326. The Kier molecular flexibility index (Phi) is 3.91. The van der Waals surface area contributed by atoms with Crippen LogP contribution in [-0.4, -0.2) is 30.9 Å². The number of amides is 1. The number of fused-ring (bicyclic) bond motifs is 1. The number of nitrogens with zero attached hydrogens (tertiary/aromatic N) is 5. The molecule has 0 aliphatic heterocycles. The molecule has 0 saturated heterocycles. The summed E-state index contributed by atoms with van der Waals surface area (Å²) in [5, 5.41) is 10.9. The standard InChI is InChI=1S/C17H14N6O2/c24-16(11-23-14-5-2-1-4-12(14)21-22-23)20-10-13-17(19-8-7-18-13)15-6-3-9-25-15/h1-9H,10-11H2,(H,20,24). The number of hydrogen-bond donors (Lipinski definition) is 1. The molecule has 124 valence electrons. The molecule has 0 aliphatic carbocycles. The lowest BCUT2D eigenvalue weighted by atomic mass is 10.2. The third-order valence-corrected chi connectivity index (χ3v) is 3.70. The van der Waals surface area contributed by atoms with Gasteiger partial charge in [0.15, 0.2) is 5.76 Å². The highest BCUT2D eigenvalue weighted by molar-refractivity contribution is 5.79. The van der Waals surface area contributed by atoms with E-state index in [4.69, 9.17) is 4.42 Å². The van der Waals surface area contributed by atoms with Gasteiger partial charge in [0.2, 0.25) is 5.91 Å². The molecule has 0 aliphatic rings. The molecule has 3 aromatic heterocycles. The first-order valence-electron chi connectivity index (χ1n) is 7.70. The molecule has 4 rings (SSSR count). The fourth-order valence-electron chi connectivity index (χ4n) is 2.52. The third-order valence-electron chi connectivity index (χ3n) is 3.70. The van der Waals surface area contributed by atoms with Crippen molar-refractivity contribution in [3.05, 3.63) is 60.7 Å². The van der Waals surface area contributed by atoms with E-state index in [-0.39, 0.29) is 19.0 Å². The van der Waals surface area contributed by atoms with E-state index >= 15 is 0 Å². The van der Waals surface area contributed by atoms with Crippen molar-refractivity contribution in [2.75, 3.05) is 0 Å². The summed E-state index contributed by atoms with van der Waals surface area (Å²) in [4.78, 5) is 20.8. The largest absolute Gasteiger partial charge is 0.463 e. The first-order chi connectivity index (χ1) is 12.3. The van der Waals surface area contributed by atoms with Crippen LogP contribution in [0.25, 0.3) is 22.5 Å². The SMILES string of the molecule is O=C(Cn1nnc2ccccc21)NCc1nccnc1-c1ccco1. The van der Waals surface area contributed by atoms with Gasteiger partial charge in [0.25, 0.3) is 0 Å². The Labute approximate surface area is 142 Å². The molecule has 0 radical (unpaired) electrons. The summed E-state index contributed by atoms with van der Waals surface area (Å²) in [6, 6.07) is 11.1. The number of nitrogens with one attached hydrogen (secondary N) is 1. The fourth-order valence-corrected chi connectivity index (χ4v) is 2.52. The highest BCUT2D eigenvalue weighted by atomic mass is 16.3. The van der Waals surface area contributed by atoms with Crippen LogP contribution < -0.4 is 5.32 Å². The number of furan rings is 1. The zero-order valence-electron chi connectivity index (χ0n) is 13.2. The topological polar surface area (TPSA) is 98.7 Å². The van der Waals surface area contributed by atoms with Crippen LogP contribution in [0.5, 0.6) is 0 Å². The van der Waals surface area contributed by atoms with Gasteiger partial charge in [-0.2, -0.15) is 0 Å². The molecule has 8 nitrogen and oxygen atoms in total. The van der Waals surface area contributed by atoms with Crippen molar-refractivity contribution in [2.24, 2.45) is 0 Å². The minimum Gasteiger partial charge on any atom is -0.463 e. The summed E-state index contributed by atoms with van der Waals surface area (Å²) in [5.74, 6) is 0.423. The molecule has 0 fully saturated rings. The Morgan fingerprint density at radius 2 is 2.00 bits per heavy atom. The van der Waals surface area contributed by atoms with Crippen LogP contribution in [0.3, 0.4) is 0 Å². The zero-order chi connectivity index (χ0) is 17.1. The summed E-state index contributed by atoms with van der Waals surface area (Å²) in [6.07, 6.45) is 4.74. The first kappa shape index (κ1) is 15.0. The number of benzene rings is 1. The van der Waals surface area contributed by atoms with Gasteiger partial charge in [-0.15, -0.1) is 5.10 Å². The second-order valence-corrected chi connectivity index (χ2v) is 5.34. The minimum absolute atomic E-state index is 0.0802. The number of carbonyl (C=O) groups is 1. The van der Waals surface area contributed by atoms with E-state index < -0.39 is 0 Å². The van der Waals surface area contributed by atoms with Crippen molar-refractivity contribution in [1.82, 2.24) is 30.3 Å². The average Bonchev–Trinajstić information content (AvgIpc) is 3.31. The van der Waals surface area contributed by atoms with E-state index in [1.54, 1.807) is 35.5 Å². The van der Waals surface area contributed by atoms with Gasteiger partial charge in [-0.05, 0) is 24.3 Å². The molecule has 3 heterocycles. The molecule has 0 atom stereocenters. The van der Waals surface area contributed by atoms with Gasteiger partial charge in [-0.1, -0.05) is 17.3 Å². The van der Waals surface area contributed by atoms with Crippen LogP contribution in [0.1, 0.15) is 5.69 Å². The summed E-state index contributed by atoms with van der Waals surface area (Å²) >= 11 is 0.